The van der Waals surface area contributed by atoms with E-state index in [2.05, 4.69) is 34.0 Å². The van der Waals surface area contributed by atoms with Crippen LogP contribution >= 0.6 is 0 Å². The Hall–Kier alpha value is -3.22. The zero-order valence-electron chi connectivity index (χ0n) is 15.4. The highest BCUT2D eigenvalue weighted by Crippen LogP contribution is 2.17. The Balaban J connectivity index is 1.60. The van der Waals surface area contributed by atoms with Crippen molar-refractivity contribution in [2.45, 2.75) is 32.5 Å². The lowest BCUT2D eigenvalue weighted by Gasteiger charge is -2.21. The SMILES string of the molecule is CC(C)n1cnc2c1=NC(c1ccoc1)NC=2NCCc1ccc(O)cc1. The molecule has 140 valence electrons. The van der Waals surface area contributed by atoms with Crippen molar-refractivity contribution in [1.82, 2.24) is 20.2 Å². The first kappa shape index (κ1) is 17.2. The van der Waals surface area contributed by atoms with E-state index in [1.54, 1.807) is 24.7 Å². The summed E-state index contributed by atoms with van der Waals surface area (Å²) in [6.45, 7) is 4.97. The Morgan fingerprint density at radius 1 is 1.26 bits per heavy atom. The third-order valence-electron chi connectivity index (χ3n) is 4.60. The van der Waals surface area contributed by atoms with Gasteiger partial charge in [-0.05, 0) is 44.0 Å². The first-order valence-corrected chi connectivity index (χ1v) is 9.07. The van der Waals surface area contributed by atoms with E-state index >= 15 is 0 Å². The van der Waals surface area contributed by atoms with Crippen LogP contribution in [0.2, 0.25) is 0 Å². The first-order chi connectivity index (χ1) is 13.1. The van der Waals surface area contributed by atoms with Crippen LogP contribution < -0.4 is 21.5 Å². The van der Waals surface area contributed by atoms with E-state index in [9.17, 15) is 5.11 Å². The van der Waals surface area contributed by atoms with Crippen LogP contribution in [0.1, 0.15) is 37.2 Å². The van der Waals surface area contributed by atoms with Crippen LogP contribution in [0.25, 0.3) is 5.82 Å². The fourth-order valence-corrected chi connectivity index (χ4v) is 3.11. The molecule has 0 amide bonds. The van der Waals surface area contributed by atoms with Crippen LogP contribution in [0.5, 0.6) is 5.75 Å². The molecule has 0 saturated heterocycles. The average Bonchev–Trinajstić information content (AvgIpc) is 3.33. The molecule has 0 fully saturated rings. The van der Waals surface area contributed by atoms with Gasteiger partial charge in [0.1, 0.15) is 16.9 Å². The molecule has 3 heterocycles. The largest absolute Gasteiger partial charge is 0.508 e. The molecular formula is C20H23N5O2. The van der Waals surface area contributed by atoms with E-state index in [-0.39, 0.29) is 18.0 Å². The van der Waals surface area contributed by atoms with E-state index in [4.69, 9.17) is 9.41 Å². The van der Waals surface area contributed by atoms with Gasteiger partial charge in [0.25, 0.3) is 0 Å². The van der Waals surface area contributed by atoms with Crippen LogP contribution in [0.15, 0.2) is 58.6 Å². The molecule has 1 aliphatic heterocycles. The van der Waals surface area contributed by atoms with Gasteiger partial charge in [-0.3, -0.25) is 0 Å². The number of hydrogen-bond donors (Lipinski definition) is 3. The average molecular weight is 365 g/mol. The number of hydrogen-bond acceptors (Lipinski definition) is 6. The molecule has 0 aliphatic carbocycles. The second-order valence-corrected chi connectivity index (χ2v) is 6.87. The lowest BCUT2D eigenvalue weighted by molar-refractivity contribution is 0.475. The summed E-state index contributed by atoms with van der Waals surface area (Å²) in [5, 5.41) is 17.1. The predicted molar refractivity (Wildman–Crippen MR) is 101 cm³/mol. The molecule has 2 aromatic heterocycles. The summed E-state index contributed by atoms with van der Waals surface area (Å²) in [5.74, 6) is 1.15. The van der Waals surface area contributed by atoms with Gasteiger partial charge in [0.2, 0.25) is 0 Å². The van der Waals surface area contributed by atoms with Gasteiger partial charge < -0.3 is 24.7 Å². The summed E-state index contributed by atoms with van der Waals surface area (Å²) >= 11 is 0. The Morgan fingerprint density at radius 2 is 2.07 bits per heavy atom. The normalized spacial score (nSPS) is 16.0. The van der Waals surface area contributed by atoms with E-state index in [1.165, 1.54) is 0 Å². The van der Waals surface area contributed by atoms with Crippen LogP contribution in [0, 0.1) is 0 Å². The molecule has 0 bridgehead atoms. The molecule has 7 nitrogen and oxygen atoms in total. The van der Waals surface area contributed by atoms with Gasteiger partial charge in [-0.25, -0.2) is 9.98 Å². The third kappa shape index (κ3) is 3.53. The van der Waals surface area contributed by atoms with Crippen LogP contribution in [0.4, 0.5) is 0 Å². The molecule has 4 rings (SSSR count). The smallest absolute Gasteiger partial charge is 0.161 e. The maximum absolute atomic E-state index is 9.40. The van der Waals surface area contributed by atoms with Gasteiger partial charge in [0.15, 0.2) is 11.7 Å². The molecule has 1 aliphatic rings. The fraction of sp³-hybridized carbons (Fsp3) is 0.300. The molecule has 0 saturated carbocycles. The highest BCUT2D eigenvalue weighted by atomic mass is 16.3. The summed E-state index contributed by atoms with van der Waals surface area (Å²) in [7, 11) is 0. The Labute approximate surface area is 157 Å². The number of aromatic nitrogens is 2. The minimum Gasteiger partial charge on any atom is -0.508 e. The van der Waals surface area contributed by atoms with Gasteiger partial charge >= 0.3 is 0 Å². The van der Waals surface area contributed by atoms with Crippen LogP contribution in [0.3, 0.4) is 0 Å². The van der Waals surface area contributed by atoms with Gasteiger partial charge in [0, 0.05) is 18.2 Å². The zero-order valence-corrected chi connectivity index (χ0v) is 15.4. The van der Waals surface area contributed by atoms with Crippen molar-refractivity contribution in [3.63, 3.8) is 0 Å². The molecule has 1 unspecified atom stereocenters. The first-order valence-electron chi connectivity index (χ1n) is 9.07. The lowest BCUT2D eigenvalue weighted by atomic mass is 10.1. The summed E-state index contributed by atoms with van der Waals surface area (Å²) in [5.41, 5.74) is 2.98. The molecule has 7 heteroatoms. The predicted octanol–water partition coefficient (Wildman–Crippen LogP) is 1.58. The van der Waals surface area contributed by atoms with Crippen molar-refractivity contribution in [1.29, 1.82) is 0 Å². The Morgan fingerprint density at radius 3 is 2.78 bits per heavy atom. The van der Waals surface area contributed by atoms with Crippen molar-refractivity contribution in [3.8, 4) is 5.75 Å². The van der Waals surface area contributed by atoms with Crippen molar-refractivity contribution in [2.75, 3.05) is 6.54 Å². The molecule has 3 aromatic rings. The molecule has 3 N–H and O–H groups in total. The maximum atomic E-state index is 9.40. The number of aromatic hydroxyl groups is 1. The zero-order chi connectivity index (χ0) is 18.8. The Bertz CT molecular complexity index is 1020. The van der Waals surface area contributed by atoms with Gasteiger partial charge in [-0.15, -0.1) is 0 Å². The van der Waals surface area contributed by atoms with Gasteiger partial charge in [-0.2, -0.15) is 0 Å². The number of furan rings is 1. The summed E-state index contributed by atoms with van der Waals surface area (Å²) in [6.07, 6.45) is 5.80. The van der Waals surface area contributed by atoms with E-state index in [0.29, 0.717) is 0 Å². The van der Waals surface area contributed by atoms with E-state index < -0.39 is 0 Å². The second-order valence-electron chi connectivity index (χ2n) is 6.87. The molecular weight excluding hydrogens is 342 g/mol. The monoisotopic (exact) mass is 365 g/mol. The molecule has 0 spiro atoms. The molecule has 27 heavy (non-hydrogen) atoms. The topological polar surface area (TPSA) is 87.6 Å². The minimum absolute atomic E-state index is 0.221. The number of phenols is 1. The number of rotatable bonds is 6. The van der Waals surface area contributed by atoms with Crippen molar-refractivity contribution < 1.29 is 9.52 Å². The van der Waals surface area contributed by atoms with E-state index in [0.717, 1.165) is 40.8 Å². The summed E-state index contributed by atoms with van der Waals surface area (Å²) in [6, 6.07) is 9.45. The maximum Gasteiger partial charge on any atom is 0.161 e. The highest BCUT2D eigenvalue weighted by Gasteiger charge is 2.20. The van der Waals surface area contributed by atoms with Gasteiger partial charge in [-0.1, -0.05) is 12.1 Å². The van der Waals surface area contributed by atoms with Crippen LogP contribution in [-0.2, 0) is 6.42 Å². The lowest BCUT2D eigenvalue weighted by Crippen LogP contribution is -2.47. The van der Waals surface area contributed by atoms with Crippen LogP contribution in [-0.4, -0.2) is 21.2 Å². The fourth-order valence-electron chi connectivity index (χ4n) is 3.11. The number of benzene rings is 1. The number of fused-ring (bicyclic) bond motifs is 1. The van der Waals surface area contributed by atoms with Crippen molar-refractivity contribution >= 4 is 5.82 Å². The van der Waals surface area contributed by atoms with Gasteiger partial charge in [0.05, 0.1) is 18.9 Å². The summed E-state index contributed by atoms with van der Waals surface area (Å²) in [4.78, 5) is 9.40. The number of phenolic OH excluding ortho intramolecular Hbond substituents is 1. The quantitative estimate of drug-likeness (QED) is 0.617. The summed E-state index contributed by atoms with van der Waals surface area (Å²) < 4.78 is 7.30. The highest BCUT2D eigenvalue weighted by molar-refractivity contribution is 5.40. The standard InChI is InChI=1S/C20H23N5O2/c1-13(2)25-12-22-17-19(21-9-7-14-3-5-16(26)6-4-14)23-18(24-20(17)25)15-8-10-27-11-15/h3-6,8,10-13,18,21,23,26H,7,9H2,1-2H3. The molecule has 1 aromatic carbocycles. The molecule has 1 atom stereocenters. The molecule has 0 radical (unpaired) electrons. The second kappa shape index (κ2) is 7.19. The van der Waals surface area contributed by atoms with Crippen molar-refractivity contribution in [3.05, 3.63) is 71.1 Å². The van der Waals surface area contributed by atoms with Crippen molar-refractivity contribution in [2.24, 2.45) is 4.99 Å². The third-order valence-corrected chi connectivity index (χ3v) is 4.60. The Kier molecular flexibility index (Phi) is 4.58. The number of imidazole rings is 1. The minimum atomic E-state index is -0.221. The number of nitrogens with one attached hydrogen (secondary N) is 2. The van der Waals surface area contributed by atoms with E-state index in [1.807, 2.05) is 24.5 Å². The number of nitrogens with zero attached hydrogens (tertiary/aromatic N) is 3.